The number of ether oxygens (including phenoxy) is 1. The van der Waals surface area contributed by atoms with E-state index in [0.29, 0.717) is 0 Å². The maximum atomic E-state index is 13.3. The molecule has 20 heavy (non-hydrogen) atoms. The van der Waals surface area contributed by atoms with Crippen LogP contribution in [0, 0.1) is 5.82 Å². The summed E-state index contributed by atoms with van der Waals surface area (Å²) in [6.45, 7) is 0.196. The van der Waals surface area contributed by atoms with Crippen LogP contribution in [0.1, 0.15) is 10.4 Å². The van der Waals surface area contributed by atoms with Gasteiger partial charge in [-0.25, -0.2) is 9.18 Å². The third-order valence-corrected chi connectivity index (χ3v) is 3.08. The number of pyridine rings is 1. The molecule has 1 aromatic heterocycles. The van der Waals surface area contributed by atoms with Crippen molar-refractivity contribution in [1.29, 1.82) is 0 Å². The van der Waals surface area contributed by atoms with Crippen LogP contribution in [0.15, 0.2) is 51.9 Å². The Morgan fingerprint density at radius 1 is 1.25 bits per heavy atom. The van der Waals surface area contributed by atoms with Gasteiger partial charge in [-0.05, 0) is 34.1 Å². The maximum absolute atomic E-state index is 13.3. The molecule has 0 bridgehead atoms. The van der Waals surface area contributed by atoms with Crippen LogP contribution in [0.25, 0.3) is 0 Å². The van der Waals surface area contributed by atoms with Crippen LogP contribution in [-0.4, -0.2) is 17.1 Å². The normalized spacial score (nSPS) is 10.3. The summed E-state index contributed by atoms with van der Waals surface area (Å²) in [5, 5.41) is 0. The van der Waals surface area contributed by atoms with Gasteiger partial charge in [0.1, 0.15) is 12.4 Å². The molecule has 4 nitrogen and oxygen atoms in total. The van der Waals surface area contributed by atoms with Gasteiger partial charge in [-0.3, -0.25) is 4.79 Å². The molecule has 0 radical (unpaired) electrons. The van der Waals surface area contributed by atoms with Gasteiger partial charge in [0.05, 0.1) is 12.1 Å². The molecular formula is C14H11BrFNO3. The van der Waals surface area contributed by atoms with E-state index in [1.165, 1.54) is 28.8 Å². The smallest absolute Gasteiger partial charge is 0.341 e. The van der Waals surface area contributed by atoms with Crippen LogP contribution in [0.2, 0.25) is 0 Å². The molecule has 0 aliphatic heterocycles. The van der Waals surface area contributed by atoms with Crippen LogP contribution in [-0.2, 0) is 11.3 Å². The molecule has 2 aromatic rings. The average Bonchev–Trinajstić information content (AvgIpc) is 2.43. The van der Waals surface area contributed by atoms with Crippen LogP contribution in [0.3, 0.4) is 0 Å². The Kier molecular flexibility index (Phi) is 4.68. The van der Waals surface area contributed by atoms with Crippen molar-refractivity contribution in [2.75, 3.05) is 6.61 Å². The van der Waals surface area contributed by atoms with Gasteiger partial charge in [0.2, 0.25) is 0 Å². The van der Waals surface area contributed by atoms with Gasteiger partial charge in [0.15, 0.2) is 0 Å². The van der Waals surface area contributed by atoms with Gasteiger partial charge in [-0.1, -0.05) is 12.1 Å². The van der Waals surface area contributed by atoms with E-state index >= 15 is 0 Å². The quantitative estimate of drug-likeness (QED) is 0.804. The summed E-state index contributed by atoms with van der Waals surface area (Å²) in [5.74, 6) is -1.37. The molecule has 0 saturated carbocycles. The Morgan fingerprint density at radius 2 is 2.00 bits per heavy atom. The molecule has 0 N–H and O–H groups in total. The van der Waals surface area contributed by atoms with E-state index in [1.807, 2.05) is 0 Å². The number of halogens is 2. The maximum Gasteiger partial charge on any atom is 0.341 e. The lowest BCUT2D eigenvalue weighted by molar-refractivity contribution is 0.0485. The molecule has 6 heteroatoms. The first-order valence-corrected chi connectivity index (χ1v) is 6.65. The predicted molar refractivity (Wildman–Crippen MR) is 75.1 cm³/mol. The SMILES string of the molecule is O=C(OCCn1cc(Br)ccc1=O)c1ccccc1F. The second-order valence-electron chi connectivity index (χ2n) is 3.99. The average molecular weight is 340 g/mol. The lowest BCUT2D eigenvalue weighted by atomic mass is 10.2. The topological polar surface area (TPSA) is 48.3 Å². The van der Waals surface area contributed by atoms with E-state index in [0.717, 1.165) is 4.47 Å². The number of hydrogen-bond donors (Lipinski definition) is 0. The third-order valence-electron chi connectivity index (χ3n) is 2.61. The second-order valence-corrected chi connectivity index (χ2v) is 4.91. The standard InChI is InChI=1S/C14H11BrFNO3/c15-10-5-6-13(18)17(9-10)7-8-20-14(19)11-3-1-2-4-12(11)16/h1-6,9H,7-8H2. The highest BCUT2D eigenvalue weighted by atomic mass is 79.9. The number of rotatable bonds is 4. The minimum absolute atomic E-state index is 0.0104. The molecule has 0 amide bonds. The lowest BCUT2D eigenvalue weighted by Crippen LogP contribution is -2.22. The molecule has 104 valence electrons. The summed E-state index contributed by atoms with van der Waals surface area (Å²) >= 11 is 3.25. The highest BCUT2D eigenvalue weighted by Gasteiger charge is 2.11. The Hall–Kier alpha value is -1.95. The number of benzene rings is 1. The highest BCUT2D eigenvalue weighted by molar-refractivity contribution is 9.10. The molecule has 0 fully saturated rings. The van der Waals surface area contributed by atoms with Crippen molar-refractivity contribution in [1.82, 2.24) is 4.57 Å². The number of carbonyl (C=O) groups excluding carboxylic acids is 1. The lowest BCUT2D eigenvalue weighted by Gasteiger charge is -2.08. The van der Waals surface area contributed by atoms with Crippen LogP contribution < -0.4 is 5.56 Å². The van der Waals surface area contributed by atoms with E-state index in [9.17, 15) is 14.0 Å². The third kappa shape index (κ3) is 3.54. The summed E-state index contributed by atoms with van der Waals surface area (Å²) in [6, 6.07) is 8.62. The van der Waals surface area contributed by atoms with Crippen molar-refractivity contribution >= 4 is 21.9 Å². The first kappa shape index (κ1) is 14.5. The van der Waals surface area contributed by atoms with Gasteiger partial charge in [-0.15, -0.1) is 0 Å². The fraction of sp³-hybridized carbons (Fsp3) is 0.143. The van der Waals surface area contributed by atoms with E-state index in [4.69, 9.17) is 4.74 Å². The van der Waals surface area contributed by atoms with E-state index < -0.39 is 11.8 Å². The van der Waals surface area contributed by atoms with Gasteiger partial charge in [0.25, 0.3) is 5.56 Å². The van der Waals surface area contributed by atoms with Crippen LogP contribution in [0.5, 0.6) is 0 Å². The van der Waals surface area contributed by atoms with Crippen molar-refractivity contribution in [2.24, 2.45) is 0 Å². The zero-order valence-electron chi connectivity index (χ0n) is 10.4. The first-order valence-electron chi connectivity index (χ1n) is 5.85. The zero-order chi connectivity index (χ0) is 14.5. The Balaban J connectivity index is 1.96. The Bertz CT molecular complexity index is 684. The second kappa shape index (κ2) is 6.47. The monoisotopic (exact) mass is 339 g/mol. The van der Waals surface area contributed by atoms with Gasteiger partial charge in [-0.2, -0.15) is 0 Å². The molecule has 1 heterocycles. The van der Waals surface area contributed by atoms with Crippen molar-refractivity contribution in [2.45, 2.75) is 6.54 Å². The molecule has 0 aliphatic rings. The summed E-state index contributed by atoms with van der Waals surface area (Å²) < 4.78 is 20.4. The summed E-state index contributed by atoms with van der Waals surface area (Å²) in [6.07, 6.45) is 1.60. The molecule has 0 unspecified atom stereocenters. The van der Waals surface area contributed by atoms with E-state index in [1.54, 1.807) is 18.3 Å². The zero-order valence-corrected chi connectivity index (χ0v) is 12.0. The van der Waals surface area contributed by atoms with E-state index in [2.05, 4.69) is 15.9 Å². The molecule has 0 aliphatic carbocycles. The van der Waals surface area contributed by atoms with Crippen LogP contribution in [0.4, 0.5) is 4.39 Å². The molecule has 0 saturated heterocycles. The summed E-state index contributed by atoms with van der Waals surface area (Å²) in [7, 11) is 0. The van der Waals surface area contributed by atoms with Crippen molar-refractivity contribution in [3.05, 3.63) is 68.8 Å². The summed E-state index contributed by atoms with van der Waals surface area (Å²) in [5.41, 5.74) is -0.316. The van der Waals surface area contributed by atoms with Crippen LogP contribution >= 0.6 is 15.9 Å². The molecular weight excluding hydrogens is 329 g/mol. The Labute approximate surface area is 122 Å². The molecule has 1 aromatic carbocycles. The van der Waals surface area contributed by atoms with Gasteiger partial charge >= 0.3 is 5.97 Å². The first-order chi connectivity index (χ1) is 9.58. The minimum Gasteiger partial charge on any atom is -0.460 e. The minimum atomic E-state index is -0.744. The van der Waals surface area contributed by atoms with E-state index in [-0.39, 0.29) is 24.3 Å². The number of nitrogens with zero attached hydrogens (tertiary/aromatic N) is 1. The number of esters is 1. The van der Waals surface area contributed by atoms with Gasteiger partial charge < -0.3 is 9.30 Å². The summed E-state index contributed by atoms with van der Waals surface area (Å²) in [4.78, 5) is 23.2. The van der Waals surface area contributed by atoms with Crippen molar-refractivity contribution in [3.63, 3.8) is 0 Å². The molecule has 0 atom stereocenters. The molecule has 2 rings (SSSR count). The number of carbonyl (C=O) groups is 1. The number of aromatic nitrogens is 1. The predicted octanol–water partition coefficient (Wildman–Crippen LogP) is 2.61. The fourth-order valence-corrected chi connectivity index (χ4v) is 2.00. The highest BCUT2D eigenvalue weighted by Crippen LogP contribution is 2.08. The molecule has 0 spiro atoms. The largest absolute Gasteiger partial charge is 0.460 e. The fourth-order valence-electron chi connectivity index (χ4n) is 1.62. The Morgan fingerprint density at radius 3 is 2.75 bits per heavy atom. The van der Waals surface area contributed by atoms with Gasteiger partial charge in [0, 0.05) is 16.7 Å². The number of hydrogen-bond acceptors (Lipinski definition) is 3. The van der Waals surface area contributed by atoms with Crippen molar-refractivity contribution < 1.29 is 13.9 Å². The van der Waals surface area contributed by atoms with Crippen molar-refractivity contribution in [3.8, 4) is 0 Å².